The molecule has 0 atom stereocenters. The molecule has 0 bridgehead atoms. The van der Waals surface area contributed by atoms with Crippen LogP contribution in [0.4, 0.5) is 5.69 Å². The van der Waals surface area contributed by atoms with E-state index in [1.54, 1.807) is 0 Å². The lowest BCUT2D eigenvalue weighted by molar-refractivity contribution is -0.125. The number of hydrogen-bond donors (Lipinski definition) is 1. The number of carbonyl (C=O) groups excluding carboxylic acids is 1. The van der Waals surface area contributed by atoms with Crippen molar-refractivity contribution in [3.8, 4) is 0 Å². The number of amides is 1. The molecule has 1 saturated heterocycles. The largest absolute Gasteiger partial charge is 0.324 e. The third-order valence-corrected chi connectivity index (χ3v) is 3.64. The second kappa shape index (κ2) is 3.09. The van der Waals surface area contributed by atoms with Gasteiger partial charge in [-0.05, 0) is 32.4 Å². The van der Waals surface area contributed by atoms with Crippen LogP contribution in [0.25, 0.3) is 0 Å². The number of aryl methyl sites for hydroxylation is 1. The van der Waals surface area contributed by atoms with Crippen LogP contribution in [0.1, 0.15) is 25.0 Å². The quantitative estimate of drug-likeness (QED) is 0.736. The molecular weight excluding hydrogens is 214 g/mol. The van der Waals surface area contributed by atoms with E-state index in [1.807, 2.05) is 30.9 Å². The topological polar surface area (TPSA) is 44.7 Å². The molecule has 17 heavy (non-hydrogen) atoms. The van der Waals surface area contributed by atoms with Gasteiger partial charge in [0, 0.05) is 12.1 Å². The molecule has 1 aromatic rings. The van der Waals surface area contributed by atoms with Crippen molar-refractivity contribution in [2.75, 3.05) is 0 Å². The monoisotopic (exact) mass is 229 g/mol. The van der Waals surface area contributed by atoms with Crippen molar-refractivity contribution in [1.29, 1.82) is 0 Å². The average Bonchev–Trinajstić information content (AvgIpc) is 2.49. The fourth-order valence-electron chi connectivity index (χ4n) is 2.34. The zero-order valence-corrected chi connectivity index (χ0v) is 10.2. The number of guanidine groups is 1. The van der Waals surface area contributed by atoms with Crippen LogP contribution in [0.2, 0.25) is 0 Å². The van der Waals surface area contributed by atoms with Crippen molar-refractivity contribution in [3.63, 3.8) is 0 Å². The second-order valence-corrected chi connectivity index (χ2v) is 5.11. The van der Waals surface area contributed by atoms with E-state index in [4.69, 9.17) is 0 Å². The summed E-state index contributed by atoms with van der Waals surface area (Å²) in [5, 5.41) is 2.84. The summed E-state index contributed by atoms with van der Waals surface area (Å²) in [6.45, 7) is 6.67. The molecular formula is C13H15N3O. The summed E-state index contributed by atoms with van der Waals surface area (Å²) in [7, 11) is 0. The first-order chi connectivity index (χ1) is 8.00. The number of nitrogens with one attached hydrogen (secondary N) is 1. The van der Waals surface area contributed by atoms with E-state index in [0.29, 0.717) is 5.96 Å². The zero-order chi connectivity index (χ0) is 12.2. The predicted octanol–water partition coefficient (Wildman–Crippen LogP) is 1.71. The van der Waals surface area contributed by atoms with E-state index in [-0.39, 0.29) is 5.91 Å². The molecule has 0 spiro atoms. The molecule has 2 aliphatic heterocycles. The molecule has 0 aromatic heterocycles. The minimum atomic E-state index is -0.515. The molecule has 0 aliphatic carbocycles. The third kappa shape index (κ3) is 1.30. The summed E-state index contributed by atoms with van der Waals surface area (Å²) in [5.41, 5.74) is 2.88. The van der Waals surface area contributed by atoms with Crippen molar-refractivity contribution < 1.29 is 4.79 Å². The normalized spacial score (nSPS) is 20.5. The fourth-order valence-corrected chi connectivity index (χ4v) is 2.34. The van der Waals surface area contributed by atoms with Gasteiger partial charge in [-0.25, -0.2) is 4.99 Å². The Hall–Kier alpha value is -1.84. The lowest BCUT2D eigenvalue weighted by Crippen LogP contribution is -2.44. The van der Waals surface area contributed by atoms with Gasteiger partial charge in [0.25, 0.3) is 5.91 Å². The zero-order valence-electron chi connectivity index (χ0n) is 10.2. The van der Waals surface area contributed by atoms with Gasteiger partial charge in [-0.2, -0.15) is 0 Å². The first-order valence-electron chi connectivity index (χ1n) is 5.76. The van der Waals surface area contributed by atoms with E-state index < -0.39 is 5.54 Å². The maximum Gasteiger partial charge on any atom is 0.252 e. The van der Waals surface area contributed by atoms with Crippen LogP contribution in [0.5, 0.6) is 0 Å². The Kier molecular flexibility index (Phi) is 1.88. The Morgan fingerprint density at radius 1 is 1.41 bits per heavy atom. The van der Waals surface area contributed by atoms with Crippen molar-refractivity contribution in [2.45, 2.75) is 32.9 Å². The lowest BCUT2D eigenvalue weighted by Gasteiger charge is -2.33. The molecule has 0 radical (unpaired) electrons. The number of nitrogens with zero attached hydrogens (tertiary/aromatic N) is 2. The molecule has 1 fully saturated rings. The minimum absolute atomic E-state index is 0.0155. The Morgan fingerprint density at radius 3 is 2.94 bits per heavy atom. The van der Waals surface area contributed by atoms with Crippen LogP contribution in [0.3, 0.4) is 0 Å². The summed E-state index contributed by atoms with van der Waals surface area (Å²) in [4.78, 5) is 18.4. The third-order valence-electron chi connectivity index (χ3n) is 3.64. The van der Waals surface area contributed by atoms with Gasteiger partial charge >= 0.3 is 0 Å². The van der Waals surface area contributed by atoms with Crippen molar-refractivity contribution in [1.82, 2.24) is 10.2 Å². The number of benzene rings is 1. The Balaban J connectivity index is 2.13. The van der Waals surface area contributed by atoms with E-state index in [9.17, 15) is 4.79 Å². The number of aliphatic imine (C=N–C) groups is 1. The van der Waals surface area contributed by atoms with E-state index in [2.05, 4.69) is 23.3 Å². The van der Waals surface area contributed by atoms with Gasteiger partial charge < -0.3 is 4.90 Å². The summed E-state index contributed by atoms with van der Waals surface area (Å²) in [5.74, 6) is 0.694. The Labute approximate surface area is 100 Å². The average molecular weight is 229 g/mol. The molecule has 88 valence electrons. The van der Waals surface area contributed by atoms with Crippen LogP contribution in [-0.4, -0.2) is 22.3 Å². The van der Waals surface area contributed by atoms with Crippen LogP contribution in [0, 0.1) is 6.92 Å². The van der Waals surface area contributed by atoms with Crippen molar-refractivity contribution in [2.24, 2.45) is 4.99 Å². The summed E-state index contributed by atoms with van der Waals surface area (Å²) >= 11 is 0. The second-order valence-electron chi connectivity index (χ2n) is 5.11. The predicted molar refractivity (Wildman–Crippen MR) is 66.0 cm³/mol. The smallest absolute Gasteiger partial charge is 0.252 e. The molecule has 1 N–H and O–H groups in total. The maximum atomic E-state index is 11.9. The van der Waals surface area contributed by atoms with Gasteiger partial charge in [-0.1, -0.05) is 12.1 Å². The number of hydrogen-bond acceptors (Lipinski definition) is 3. The number of rotatable bonds is 0. The minimum Gasteiger partial charge on any atom is -0.324 e. The number of fused-ring (bicyclic) bond motifs is 2. The van der Waals surface area contributed by atoms with Crippen LogP contribution < -0.4 is 5.32 Å². The molecule has 3 rings (SSSR count). The Bertz CT molecular complexity index is 546. The molecule has 1 aromatic carbocycles. The number of carbonyl (C=O) groups is 1. The van der Waals surface area contributed by atoms with Gasteiger partial charge in [0.15, 0.2) is 0 Å². The highest BCUT2D eigenvalue weighted by molar-refractivity contribution is 6.09. The van der Waals surface area contributed by atoms with Gasteiger partial charge in [-0.3, -0.25) is 10.1 Å². The van der Waals surface area contributed by atoms with Crippen LogP contribution in [-0.2, 0) is 11.3 Å². The van der Waals surface area contributed by atoms with Crippen LogP contribution in [0.15, 0.2) is 23.2 Å². The lowest BCUT2D eigenvalue weighted by atomic mass is 10.00. The SMILES string of the molecule is Cc1cccc2c1CN1C(=N2)NC(=O)C1(C)C. The first-order valence-corrected chi connectivity index (χ1v) is 5.76. The molecule has 2 aliphatic rings. The molecule has 1 amide bonds. The van der Waals surface area contributed by atoms with Crippen molar-refractivity contribution in [3.05, 3.63) is 29.3 Å². The molecule has 2 heterocycles. The molecule has 0 saturated carbocycles. The molecule has 0 unspecified atom stereocenters. The highest BCUT2D eigenvalue weighted by atomic mass is 16.2. The summed E-state index contributed by atoms with van der Waals surface area (Å²) in [6, 6.07) is 6.07. The van der Waals surface area contributed by atoms with Gasteiger partial charge in [0.1, 0.15) is 5.54 Å². The Morgan fingerprint density at radius 2 is 2.18 bits per heavy atom. The molecule has 4 nitrogen and oxygen atoms in total. The fraction of sp³-hybridized carbons (Fsp3) is 0.385. The van der Waals surface area contributed by atoms with E-state index >= 15 is 0 Å². The van der Waals surface area contributed by atoms with Crippen molar-refractivity contribution >= 4 is 17.6 Å². The highest BCUT2D eigenvalue weighted by Crippen LogP contribution is 2.34. The highest BCUT2D eigenvalue weighted by Gasteiger charge is 2.45. The summed E-state index contributed by atoms with van der Waals surface area (Å²) in [6.07, 6.45) is 0. The van der Waals surface area contributed by atoms with Gasteiger partial charge in [0.05, 0.1) is 5.69 Å². The van der Waals surface area contributed by atoms with E-state index in [1.165, 1.54) is 11.1 Å². The van der Waals surface area contributed by atoms with E-state index in [0.717, 1.165) is 12.2 Å². The molecule has 4 heteroatoms. The maximum absolute atomic E-state index is 11.9. The standard InChI is InChI=1S/C13H15N3O/c1-8-5-4-6-10-9(8)7-16-12(14-10)15-11(17)13(16,2)3/h4-6H,7H2,1-3H3,(H,14,15,17). The van der Waals surface area contributed by atoms with Gasteiger partial charge in [0.2, 0.25) is 5.96 Å². The summed E-state index contributed by atoms with van der Waals surface area (Å²) < 4.78 is 0. The van der Waals surface area contributed by atoms with Crippen LogP contribution >= 0.6 is 0 Å². The first kappa shape index (κ1) is 10.3. The van der Waals surface area contributed by atoms with Gasteiger partial charge in [-0.15, -0.1) is 0 Å².